The van der Waals surface area contributed by atoms with Gasteiger partial charge < -0.3 is 4.57 Å². The number of imidazole rings is 1. The van der Waals surface area contributed by atoms with Crippen molar-refractivity contribution in [2.45, 2.75) is 0 Å². The molecule has 2 rings (SSSR count). The number of halogens is 1. The van der Waals surface area contributed by atoms with Crippen molar-refractivity contribution in [3.63, 3.8) is 0 Å². The van der Waals surface area contributed by atoms with E-state index in [0.717, 1.165) is 11.5 Å². The van der Waals surface area contributed by atoms with Gasteiger partial charge >= 0.3 is 0 Å². The number of aromatic nitrogens is 3. The Labute approximate surface area is 81.0 Å². The van der Waals surface area contributed by atoms with Crippen LogP contribution in [-0.2, 0) is 7.05 Å². The molecule has 0 aliphatic heterocycles. The Morgan fingerprint density at radius 3 is 2.77 bits per heavy atom. The number of aryl methyl sites for hydroxylation is 1. The van der Waals surface area contributed by atoms with Gasteiger partial charge in [-0.2, -0.15) is 0 Å². The second-order valence-electron chi connectivity index (χ2n) is 2.72. The summed E-state index contributed by atoms with van der Waals surface area (Å²) in [6.07, 6.45) is 5.28. The zero-order chi connectivity index (χ0) is 9.26. The molecule has 0 amide bonds. The van der Waals surface area contributed by atoms with E-state index in [1.54, 1.807) is 24.5 Å². The Bertz CT molecular complexity index is 422. The smallest absolute Gasteiger partial charge is 0.158 e. The van der Waals surface area contributed by atoms with Crippen LogP contribution in [0.1, 0.15) is 0 Å². The molecule has 0 atom stereocenters. The van der Waals surface area contributed by atoms with E-state index in [2.05, 4.69) is 9.97 Å². The molecule has 2 aromatic heterocycles. The van der Waals surface area contributed by atoms with Crippen LogP contribution in [0.2, 0.25) is 5.02 Å². The van der Waals surface area contributed by atoms with Crippen molar-refractivity contribution in [3.8, 4) is 11.5 Å². The van der Waals surface area contributed by atoms with Crippen LogP contribution in [0.5, 0.6) is 0 Å². The molecule has 0 N–H and O–H groups in total. The highest BCUT2D eigenvalue weighted by molar-refractivity contribution is 6.30. The highest BCUT2D eigenvalue weighted by Crippen LogP contribution is 2.17. The molecule has 0 spiro atoms. The minimum absolute atomic E-state index is 0.674. The number of hydrogen-bond acceptors (Lipinski definition) is 2. The largest absolute Gasteiger partial charge is 0.333 e. The lowest BCUT2D eigenvalue weighted by Gasteiger charge is -2.00. The maximum atomic E-state index is 5.84. The Morgan fingerprint density at radius 1 is 1.31 bits per heavy atom. The maximum absolute atomic E-state index is 5.84. The standard InChI is InChI=1S/C9H8ClN3/c1-13-5-4-12-9(13)8-6-7(10)2-3-11-8/h2-6H,1H3. The average molecular weight is 194 g/mol. The van der Waals surface area contributed by atoms with E-state index in [1.165, 1.54) is 0 Å². The third-order valence-corrected chi connectivity index (χ3v) is 2.01. The van der Waals surface area contributed by atoms with Crippen molar-refractivity contribution in [2.75, 3.05) is 0 Å². The SMILES string of the molecule is Cn1ccnc1-c1cc(Cl)ccn1. The molecule has 2 aromatic rings. The zero-order valence-electron chi connectivity index (χ0n) is 7.11. The molecule has 0 aliphatic rings. The van der Waals surface area contributed by atoms with Gasteiger partial charge in [0.15, 0.2) is 5.82 Å². The van der Waals surface area contributed by atoms with Crippen molar-refractivity contribution in [3.05, 3.63) is 35.7 Å². The summed E-state index contributed by atoms with van der Waals surface area (Å²) in [6, 6.07) is 3.54. The fourth-order valence-electron chi connectivity index (χ4n) is 1.14. The molecule has 0 aliphatic carbocycles. The summed E-state index contributed by atoms with van der Waals surface area (Å²) in [4.78, 5) is 8.34. The summed E-state index contributed by atoms with van der Waals surface area (Å²) >= 11 is 5.84. The van der Waals surface area contributed by atoms with Crippen molar-refractivity contribution < 1.29 is 0 Å². The summed E-state index contributed by atoms with van der Waals surface area (Å²) in [5.41, 5.74) is 0.792. The van der Waals surface area contributed by atoms with E-state index in [9.17, 15) is 0 Å². The quantitative estimate of drug-likeness (QED) is 0.695. The van der Waals surface area contributed by atoms with Crippen molar-refractivity contribution >= 4 is 11.6 Å². The van der Waals surface area contributed by atoms with E-state index >= 15 is 0 Å². The van der Waals surface area contributed by atoms with Gasteiger partial charge in [-0.15, -0.1) is 0 Å². The van der Waals surface area contributed by atoms with Gasteiger partial charge in [0.05, 0.1) is 0 Å². The third-order valence-electron chi connectivity index (χ3n) is 1.77. The van der Waals surface area contributed by atoms with Crippen LogP contribution >= 0.6 is 11.6 Å². The fraction of sp³-hybridized carbons (Fsp3) is 0.111. The molecule has 0 saturated carbocycles. The zero-order valence-corrected chi connectivity index (χ0v) is 7.86. The van der Waals surface area contributed by atoms with Crippen molar-refractivity contribution in [1.82, 2.24) is 14.5 Å². The van der Waals surface area contributed by atoms with Crippen LogP contribution in [0, 0.1) is 0 Å². The van der Waals surface area contributed by atoms with Gasteiger partial charge in [-0.3, -0.25) is 4.98 Å². The van der Waals surface area contributed by atoms with Crippen LogP contribution < -0.4 is 0 Å². The van der Waals surface area contributed by atoms with Crippen LogP contribution in [0.3, 0.4) is 0 Å². The number of pyridine rings is 1. The minimum Gasteiger partial charge on any atom is -0.333 e. The van der Waals surface area contributed by atoms with Gasteiger partial charge in [0.25, 0.3) is 0 Å². The average Bonchev–Trinajstić information content (AvgIpc) is 2.51. The third kappa shape index (κ3) is 1.55. The molecular weight excluding hydrogens is 186 g/mol. The topological polar surface area (TPSA) is 30.7 Å². The number of rotatable bonds is 1. The van der Waals surface area contributed by atoms with Crippen molar-refractivity contribution in [1.29, 1.82) is 0 Å². The lowest BCUT2D eigenvalue weighted by atomic mass is 10.3. The highest BCUT2D eigenvalue weighted by atomic mass is 35.5. The molecule has 0 radical (unpaired) electrons. The second kappa shape index (κ2) is 3.18. The van der Waals surface area contributed by atoms with E-state index < -0.39 is 0 Å². The molecule has 0 bridgehead atoms. The summed E-state index contributed by atoms with van der Waals surface area (Å²) in [5, 5.41) is 0.674. The van der Waals surface area contributed by atoms with Gasteiger partial charge in [0.1, 0.15) is 5.69 Å². The van der Waals surface area contributed by atoms with Gasteiger partial charge in [-0.25, -0.2) is 4.98 Å². The van der Waals surface area contributed by atoms with Crippen LogP contribution in [-0.4, -0.2) is 14.5 Å². The molecule has 0 saturated heterocycles. The van der Waals surface area contributed by atoms with Gasteiger partial charge in [0.2, 0.25) is 0 Å². The summed E-state index contributed by atoms with van der Waals surface area (Å²) in [6.45, 7) is 0. The highest BCUT2D eigenvalue weighted by Gasteiger charge is 2.03. The summed E-state index contributed by atoms with van der Waals surface area (Å²) < 4.78 is 1.90. The Kier molecular flexibility index (Phi) is 2.02. The summed E-state index contributed by atoms with van der Waals surface area (Å²) in [5.74, 6) is 0.822. The summed E-state index contributed by atoms with van der Waals surface area (Å²) in [7, 11) is 1.92. The Morgan fingerprint density at radius 2 is 2.15 bits per heavy atom. The Hall–Kier alpha value is -1.35. The molecule has 0 unspecified atom stereocenters. The van der Waals surface area contributed by atoms with E-state index in [1.807, 2.05) is 17.8 Å². The van der Waals surface area contributed by atoms with Crippen molar-refractivity contribution in [2.24, 2.45) is 7.05 Å². The van der Waals surface area contributed by atoms with Gasteiger partial charge in [0, 0.05) is 30.7 Å². The lowest BCUT2D eigenvalue weighted by molar-refractivity contribution is 0.917. The molecule has 2 heterocycles. The first kappa shape index (κ1) is 8.26. The predicted molar refractivity (Wildman–Crippen MR) is 51.4 cm³/mol. The van der Waals surface area contributed by atoms with Gasteiger partial charge in [-0.05, 0) is 12.1 Å². The lowest BCUT2D eigenvalue weighted by Crippen LogP contribution is -1.92. The predicted octanol–water partition coefficient (Wildman–Crippen LogP) is 2.14. The first-order chi connectivity index (χ1) is 6.27. The maximum Gasteiger partial charge on any atom is 0.158 e. The molecule has 13 heavy (non-hydrogen) atoms. The number of nitrogens with zero attached hydrogens (tertiary/aromatic N) is 3. The van der Waals surface area contributed by atoms with Gasteiger partial charge in [-0.1, -0.05) is 11.6 Å². The number of hydrogen-bond donors (Lipinski definition) is 0. The first-order valence-electron chi connectivity index (χ1n) is 3.86. The molecule has 0 aromatic carbocycles. The molecule has 66 valence electrons. The first-order valence-corrected chi connectivity index (χ1v) is 4.24. The monoisotopic (exact) mass is 193 g/mol. The molecule has 4 heteroatoms. The molecule has 3 nitrogen and oxygen atoms in total. The second-order valence-corrected chi connectivity index (χ2v) is 3.16. The van der Waals surface area contributed by atoms with E-state index in [-0.39, 0.29) is 0 Å². The van der Waals surface area contributed by atoms with Crippen LogP contribution in [0.15, 0.2) is 30.7 Å². The molecule has 0 fully saturated rings. The van der Waals surface area contributed by atoms with Crippen LogP contribution in [0.4, 0.5) is 0 Å². The minimum atomic E-state index is 0.674. The normalized spacial score (nSPS) is 10.3. The molecular formula is C9H8ClN3. The fourth-order valence-corrected chi connectivity index (χ4v) is 1.30. The van der Waals surface area contributed by atoms with E-state index in [0.29, 0.717) is 5.02 Å². The Balaban J connectivity index is 2.53. The van der Waals surface area contributed by atoms with Crippen LogP contribution in [0.25, 0.3) is 11.5 Å². The van der Waals surface area contributed by atoms with E-state index in [4.69, 9.17) is 11.6 Å².